The highest BCUT2D eigenvalue weighted by atomic mass is 16.5. The summed E-state index contributed by atoms with van der Waals surface area (Å²) in [6.07, 6.45) is 1.40. The molecule has 0 saturated heterocycles. The van der Waals surface area contributed by atoms with E-state index in [1.807, 2.05) is 51.1 Å². The second-order valence-corrected chi connectivity index (χ2v) is 7.72. The molecule has 3 aromatic rings. The number of nitrogens with zero attached hydrogens (tertiary/aromatic N) is 1. The van der Waals surface area contributed by atoms with Crippen LogP contribution in [0.3, 0.4) is 0 Å². The van der Waals surface area contributed by atoms with Crippen LogP contribution in [0.15, 0.2) is 71.8 Å². The van der Waals surface area contributed by atoms with Gasteiger partial charge in [-0.25, -0.2) is 5.43 Å². The van der Waals surface area contributed by atoms with Crippen LogP contribution in [-0.4, -0.2) is 30.5 Å². The number of anilines is 2. The van der Waals surface area contributed by atoms with Crippen molar-refractivity contribution in [2.24, 2.45) is 5.10 Å². The molecule has 0 heterocycles. The SMILES string of the molecule is Cc1ccc(NC(=O)COc2ccc(/C=N\NC(=O)C(=O)Nc3ccc(C)c(C)c3)cc2)cc1. The van der Waals surface area contributed by atoms with Crippen LogP contribution in [0, 0.1) is 20.8 Å². The van der Waals surface area contributed by atoms with Gasteiger partial charge in [-0.1, -0.05) is 23.8 Å². The fourth-order valence-corrected chi connectivity index (χ4v) is 2.86. The topological polar surface area (TPSA) is 109 Å². The van der Waals surface area contributed by atoms with Crippen LogP contribution in [0.2, 0.25) is 0 Å². The normalized spacial score (nSPS) is 10.6. The van der Waals surface area contributed by atoms with Crippen molar-refractivity contribution in [3.63, 3.8) is 0 Å². The molecule has 3 aromatic carbocycles. The number of aryl methyl sites for hydroxylation is 3. The summed E-state index contributed by atoms with van der Waals surface area (Å²) in [5.41, 5.74) is 7.32. The number of rotatable bonds is 7. The van der Waals surface area contributed by atoms with E-state index < -0.39 is 11.8 Å². The van der Waals surface area contributed by atoms with Gasteiger partial charge in [-0.15, -0.1) is 0 Å². The zero-order chi connectivity index (χ0) is 24.5. The van der Waals surface area contributed by atoms with Gasteiger partial charge in [-0.05, 0) is 86.0 Å². The summed E-state index contributed by atoms with van der Waals surface area (Å²) in [6, 6.07) is 19.6. The first kappa shape index (κ1) is 24.2. The molecule has 34 heavy (non-hydrogen) atoms. The van der Waals surface area contributed by atoms with Crippen molar-refractivity contribution in [2.75, 3.05) is 17.2 Å². The van der Waals surface area contributed by atoms with Gasteiger partial charge < -0.3 is 15.4 Å². The summed E-state index contributed by atoms with van der Waals surface area (Å²) in [7, 11) is 0. The predicted octanol–water partition coefficient (Wildman–Crippen LogP) is 3.72. The Bertz CT molecular complexity index is 1200. The predicted molar refractivity (Wildman–Crippen MR) is 132 cm³/mol. The number of carbonyl (C=O) groups excluding carboxylic acids is 3. The van der Waals surface area contributed by atoms with E-state index in [2.05, 4.69) is 21.2 Å². The minimum atomic E-state index is -0.881. The van der Waals surface area contributed by atoms with Crippen LogP contribution in [0.5, 0.6) is 5.75 Å². The highest BCUT2D eigenvalue weighted by Crippen LogP contribution is 2.14. The van der Waals surface area contributed by atoms with Gasteiger partial charge in [-0.3, -0.25) is 14.4 Å². The number of hydrogen-bond donors (Lipinski definition) is 3. The van der Waals surface area contributed by atoms with Crippen molar-refractivity contribution in [3.05, 3.63) is 89.0 Å². The average Bonchev–Trinajstić information content (AvgIpc) is 2.82. The Morgan fingerprint density at radius 1 is 0.794 bits per heavy atom. The van der Waals surface area contributed by atoms with Gasteiger partial charge >= 0.3 is 11.8 Å². The molecule has 0 fully saturated rings. The first-order chi connectivity index (χ1) is 16.3. The van der Waals surface area contributed by atoms with Crippen LogP contribution in [0.4, 0.5) is 11.4 Å². The summed E-state index contributed by atoms with van der Waals surface area (Å²) in [5, 5.41) is 9.10. The second-order valence-electron chi connectivity index (χ2n) is 7.72. The lowest BCUT2D eigenvalue weighted by atomic mass is 10.1. The maximum absolute atomic E-state index is 12.0. The van der Waals surface area contributed by atoms with E-state index in [0.717, 1.165) is 16.7 Å². The van der Waals surface area contributed by atoms with Crippen LogP contribution in [-0.2, 0) is 14.4 Å². The lowest BCUT2D eigenvalue weighted by Crippen LogP contribution is -2.32. The molecule has 3 rings (SSSR count). The largest absolute Gasteiger partial charge is 0.484 e. The molecule has 0 aliphatic rings. The van der Waals surface area contributed by atoms with Crippen molar-refractivity contribution in [1.82, 2.24) is 5.43 Å². The molecule has 8 nitrogen and oxygen atoms in total. The molecule has 3 amide bonds. The minimum absolute atomic E-state index is 0.132. The molecule has 0 bridgehead atoms. The summed E-state index contributed by atoms with van der Waals surface area (Å²) in [6.45, 7) is 5.73. The molecule has 0 radical (unpaired) electrons. The van der Waals surface area contributed by atoms with Gasteiger partial charge in [0.2, 0.25) is 0 Å². The average molecular weight is 459 g/mol. The maximum Gasteiger partial charge on any atom is 0.329 e. The number of hydrazone groups is 1. The van der Waals surface area contributed by atoms with Crippen LogP contribution < -0.4 is 20.8 Å². The molecular formula is C26H26N4O4. The minimum Gasteiger partial charge on any atom is -0.484 e. The summed E-state index contributed by atoms with van der Waals surface area (Å²) >= 11 is 0. The first-order valence-corrected chi connectivity index (χ1v) is 10.6. The van der Waals surface area contributed by atoms with E-state index in [1.54, 1.807) is 36.4 Å². The maximum atomic E-state index is 12.0. The summed E-state index contributed by atoms with van der Waals surface area (Å²) < 4.78 is 5.49. The zero-order valence-corrected chi connectivity index (χ0v) is 19.2. The van der Waals surface area contributed by atoms with Crippen molar-refractivity contribution >= 4 is 35.3 Å². The lowest BCUT2D eigenvalue weighted by Gasteiger charge is -2.08. The lowest BCUT2D eigenvalue weighted by molar-refractivity contribution is -0.136. The molecular weight excluding hydrogens is 432 g/mol. The van der Waals surface area contributed by atoms with Crippen molar-refractivity contribution in [2.45, 2.75) is 20.8 Å². The number of hydrogen-bond acceptors (Lipinski definition) is 5. The van der Waals surface area contributed by atoms with E-state index in [9.17, 15) is 14.4 Å². The van der Waals surface area contributed by atoms with Crippen LogP contribution in [0.1, 0.15) is 22.3 Å². The Hall–Kier alpha value is -4.46. The Morgan fingerprint density at radius 2 is 1.47 bits per heavy atom. The monoisotopic (exact) mass is 458 g/mol. The molecule has 0 saturated carbocycles. The van der Waals surface area contributed by atoms with Crippen LogP contribution in [0.25, 0.3) is 0 Å². The van der Waals surface area contributed by atoms with Gasteiger partial charge in [0.05, 0.1) is 6.21 Å². The standard InChI is InChI=1S/C26H26N4O4/c1-17-4-9-21(10-5-17)28-24(31)16-34-23-12-7-20(8-13-23)15-27-30-26(33)25(32)29-22-11-6-18(2)19(3)14-22/h4-15H,16H2,1-3H3,(H,28,31)(H,29,32)(H,30,33)/b27-15-. The van der Waals surface area contributed by atoms with Gasteiger partial charge in [0.25, 0.3) is 5.91 Å². The van der Waals surface area contributed by atoms with Crippen molar-refractivity contribution < 1.29 is 19.1 Å². The third-order valence-corrected chi connectivity index (χ3v) is 4.94. The van der Waals surface area contributed by atoms with Crippen molar-refractivity contribution in [3.8, 4) is 5.75 Å². The zero-order valence-electron chi connectivity index (χ0n) is 19.2. The molecule has 3 N–H and O–H groups in total. The number of carbonyl (C=O) groups is 3. The molecule has 0 aliphatic carbocycles. The Labute approximate surface area is 198 Å². The van der Waals surface area contributed by atoms with Gasteiger partial charge in [0.1, 0.15) is 5.75 Å². The Balaban J connectivity index is 1.43. The van der Waals surface area contributed by atoms with E-state index >= 15 is 0 Å². The fourth-order valence-electron chi connectivity index (χ4n) is 2.86. The third kappa shape index (κ3) is 7.30. The van der Waals surface area contributed by atoms with Crippen LogP contribution >= 0.6 is 0 Å². The van der Waals surface area contributed by atoms with Crippen molar-refractivity contribution in [1.29, 1.82) is 0 Å². The van der Waals surface area contributed by atoms with Gasteiger partial charge in [-0.2, -0.15) is 5.10 Å². The number of amides is 3. The van der Waals surface area contributed by atoms with Gasteiger partial charge in [0.15, 0.2) is 6.61 Å². The highest BCUT2D eigenvalue weighted by molar-refractivity contribution is 6.39. The summed E-state index contributed by atoms with van der Waals surface area (Å²) in [4.78, 5) is 36.0. The molecule has 8 heteroatoms. The fraction of sp³-hybridized carbons (Fsp3) is 0.154. The number of nitrogens with one attached hydrogen (secondary N) is 3. The Kier molecular flexibility index (Phi) is 8.12. The Morgan fingerprint density at radius 3 is 2.15 bits per heavy atom. The first-order valence-electron chi connectivity index (χ1n) is 10.6. The summed E-state index contributed by atoms with van der Waals surface area (Å²) in [5.74, 6) is -1.45. The number of benzene rings is 3. The van der Waals surface area contributed by atoms with E-state index in [1.165, 1.54) is 6.21 Å². The second kappa shape index (κ2) is 11.4. The molecule has 0 spiro atoms. The molecule has 0 unspecified atom stereocenters. The molecule has 0 atom stereocenters. The molecule has 0 aliphatic heterocycles. The van der Waals surface area contributed by atoms with E-state index in [0.29, 0.717) is 22.7 Å². The highest BCUT2D eigenvalue weighted by Gasteiger charge is 2.13. The molecule has 0 aromatic heterocycles. The van der Waals surface area contributed by atoms with E-state index in [4.69, 9.17) is 4.74 Å². The molecule has 174 valence electrons. The van der Waals surface area contributed by atoms with Gasteiger partial charge in [0, 0.05) is 11.4 Å². The quantitative estimate of drug-likeness (QED) is 0.285. The number of ether oxygens (including phenoxy) is 1. The smallest absolute Gasteiger partial charge is 0.329 e. The van der Waals surface area contributed by atoms with E-state index in [-0.39, 0.29) is 12.5 Å². The third-order valence-electron chi connectivity index (χ3n) is 4.94.